The van der Waals surface area contributed by atoms with Crippen molar-refractivity contribution in [3.63, 3.8) is 0 Å². The molecule has 0 aliphatic heterocycles. The van der Waals surface area contributed by atoms with Crippen LogP contribution in [0, 0.1) is 23.5 Å². The number of rotatable bonds is 3. The van der Waals surface area contributed by atoms with Crippen molar-refractivity contribution in [3.8, 4) is 0 Å². The smallest absolute Gasteiger partial charge is 0.335 e. The molecule has 1 fully saturated rings. The van der Waals surface area contributed by atoms with E-state index in [2.05, 4.69) is 0 Å². The van der Waals surface area contributed by atoms with Crippen molar-refractivity contribution in [1.82, 2.24) is 5.48 Å². The summed E-state index contributed by atoms with van der Waals surface area (Å²) in [6.45, 7) is 1.76. The maximum atomic E-state index is 13.2. The number of hydrogen-bond acceptors (Lipinski definition) is 4. The van der Waals surface area contributed by atoms with Crippen molar-refractivity contribution < 1.29 is 23.2 Å². The molecule has 1 atom stereocenters. The van der Waals surface area contributed by atoms with Crippen molar-refractivity contribution in [2.45, 2.75) is 39.0 Å². The molecule has 0 bridgehead atoms. The third kappa shape index (κ3) is 4.18. The van der Waals surface area contributed by atoms with Crippen LogP contribution in [0.3, 0.4) is 0 Å². The van der Waals surface area contributed by atoms with Crippen LogP contribution in [0.1, 0.15) is 49.4 Å². The van der Waals surface area contributed by atoms with Gasteiger partial charge in [0.05, 0.1) is 11.5 Å². The van der Waals surface area contributed by atoms with Gasteiger partial charge in [0.2, 0.25) is 0 Å². The van der Waals surface area contributed by atoms with E-state index in [4.69, 9.17) is 10.6 Å². The Morgan fingerprint density at radius 2 is 1.83 bits per heavy atom. The third-order valence-electron chi connectivity index (χ3n) is 4.31. The third-order valence-corrected chi connectivity index (χ3v) is 4.31. The molecule has 7 heteroatoms. The zero-order chi connectivity index (χ0) is 17.0. The predicted octanol–water partition coefficient (Wildman–Crippen LogP) is 2.95. The van der Waals surface area contributed by atoms with Crippen molar-refractivity contribution >= 4 is 17.6 Å². The summed E-state index contributed by atoms with van der Waals surface area (Å²) in [7, 11) is 0. The molecular formula is C16H20F2N2O3. The molecule has 1 aromatic rings. The highest BCUT2D eigenvalue weighted by Crippen LogP contribution is 2.30. The van der Waals surface area contributed by atoms with Gasteiger partial charge in [0.1, 0.15) is 0 Å². The van der Waals surface area contributed by atoms with Crippen LogP contribution >= 0.6 is 0 Å². The summed E-state index contributed by atoms with van der Waals surface area (Å²) in [5, 5.41) is 0. The Hall–Kier alpha value is -2.18. The molecule has 1 aliphatic rings. The van der Waals surface area contributed by atoms with Crippen LogP contribution in [0.15, 0.2) is 12.1 Å². The lowest BCUT2D eigenvalue weighted by Crippen LogP contribution is -2.33. The Morgan fingerprint density at radius 3 is 2.48 bits per heavy atom. The van der Waals surface area contributed by atoms with Crippen LogP contribution < -0.4 is 11.2 Å². The fraction of sp³-hybridized carbons (Fsp3) is 0.500. The SMILES string of the molecule is C[C@H](C(=O)ONC(=O)c1cc(F)c(F)cc1N)C1CCCCC1. The predicted molar refractivity (Wildman–Crippen MR) is 80.1 cm³/mol. The van der Waals surface area contributed by atoms with Crippen molar-refractivity contribution in [2.75, 3.05) is 5.73 Å². The highest BCUT2D eigenvalue weighted by molar-refractivity contribution is 5.99. The summed E-state index contributed by atoms with van der Waals surface area (Å²) >= 11 is 0. The topological polar surface area (TPSA) is 81.4 Å². The van der Waals surface area contributed by atoms with Gasteiger partial charge < -0.3 is 10.6 Å². The number of nitrogens with two attached hydrogens (primary N) is 1. The van der Waals surface area contributed by atoms with E-state index in [1.807, 2.05) is 5.48 Å². The van der Waals surface area contributed by atoms with E-state index in [-0.39, 0.29) is 23.1 Å². The second-order valence-corrected chi connectivity index (χ2v) is 5.89. The van der Waals surface area contributed by atoms with Gasteiger partial charge in [0, 0.05) is 11.8 Å². The molecule has 1 aromatic carbocycles. The monoisotopic (exact) mass is 326 g/mol. The van der Waals surface area contributed by atoms with Gasteiger partial charge in [-0.3, -0.25) is 4.79 Å². The van der Waals surface area contributed by atoms with Gasteiger partial charge in [-0.05, 0) is 24.8 Å². The summed E-state index contributed by atoms with van der Waals surface area (Å²) in [6.07, 6.45) is 5.26. The number of halogens is 2. The summed E-state index contributed by atoms with van der Waals surface area (Å²) < 4.78 is 26.1. The van der Waals surface area contributed by atoms with E-state index in [9.17, 15) is 18.4 Å². The molecular weight excluding hydrogens is 306 g/mol. The molecule has 3 N–H and O–H groups in total. The minimum Gasteiger partial charge on any atom is -0.398 e. The van der Waals surface area contributed by atoms with Crippen molar-refractivity contribution in [3.05, 3.63) is 29.3 Å². The summed E-state index contributed by atoms with van der Waals surface area (Å²) in [4.78, 5) is 28.6. The van der Waals surface area contributed by atoms with Crippen LogP contribution in [0.25, 0.3) is 0 Å². The molecule has 0 saturated heterocycles. The molecule has 0 radical (unpaired) electrons. The van der Waals surface area contributed by atoms with Gasteiger partial charge in [-0.1, -0.05) is 26.2 Å². The number of amides is 1. The first kappa shape index (κ1) is 17.2. The second-order valence-electron chi connectivity index (χ2n) is 5.89. The first-order valence-corrected chi connectivity index (χ1v) is 7.65. The average Bonchev–Trinajstić information content (AvgIpc) is 2.55. The van der Waals surface area contributed by atoms with Gasteiger partial charge in [0.15, 0.2) is 11.6 Å². The summed E-state index contributed by atoms with van der Waals surface area (Å²) in [5.74, 6) is -3.90. The fourth-order valence-corrected chi connectivity index (χ4v) is 2.83. The lowest BCUT2D eigenvalue weighted by molar-refractivity contribution is -0.155. The Balaban J connectivity index is 1.93. The molecule has 5 nitrogen and oxygen atoms in total. The van der Waals surface area contributed by atoms with Gasteiger partial charge in [-0.25, -0.2) is 13.6 Å². The standard InChI is InChI=1S/C16H20F2N2O3/c1-9(10-5-3-2-4-6-10)16(22)23-20-15(21)11-7-12(17)13(18)8-14(11)19/h7-10H,2-6,19H2,1H3,(H,20,21)/t9-/m0/s1. The van der Waals surface area contributed by atoms with Gasteiger partial charge in [0.25, 0.3) is 5.91 Å². The van der Waals surface area contributed by atoms with Gasteiger partial charge in [-0.2, -0.15) is 5.48 Å². The number of benzene rings is 1. The van der Waals surface area contributed by atoms with E-state index in [1.54, 1.807) is 6.92 Å². The first-order valence-electron chi connectivity index (χ1n) is 7.65. The number of carbonyl (C=O) groups excluding carboxylic acids is 2. The van der Waals surface area contributed by atoms with Crippen LogP contribution in [0.5, 0.6) is 0 Å². The minimum atomic E-state index is -1.20. The zero-order valence-electron chi connectivity index (χ0n) is 12.9. The molecule has 1 amide bonds. The Kier molecular flexibility index (Phi) is 5.52. The molecule has 0 spiro atoms. The van der Waals surface area contributed by atoms with Crippen LogP contribution in [-0.2, 0) is 9.63 Å². The van der Waals surface area contributed by atoms with Gasteiger partial charge >= 0.3 is 5.97 Å². The highest BCUT2D eigenvalue weighted by atomic mass is 19.2. The number of nitrogens with one attached hydrogen (secondary N) is 1. The molecule has 1 aliphatic carbocycles. The molecule has 23 heavy (non-hydrogen) atoms. The number of nitrogen functional groups attached to an aromatic ring is 1. The number of hydrogen-bond donors (Lipinski definition) is 2. The maximum Gasteiger partial charge on any atom is 0.335 e. The summed E-state index contributed by atoms with van der Waals surface area (Å²) in [6, 6.07) is 1.37. The van der Waals surface area contributed by atoms with Crippen molar-refractivity contribution in [1.29, 1.82) is 0 Å². The Morgan fingerprint density at radius 1 is 1.22 bits per heavy atom. The molecule has 0 aromatic heterocycles. The van der Waals surface area contributed by atoms with Gasteiger partial charge in [-0.15, -0.1) is 0 Å². The fourth-order valence-electron chi connectivity index (χ4n) is 2.83. The van der Waals surface area contributed by atoms with E-state index in [1.165, 1.54) is 6.42 Å². The molecule has 0 unspecified atom stereocenters. The molecule has 1 saturated carbocycles. The van der Waals surface area contributed by atoms with Crippen LogP contribution in [-0.4, -0.2) is 11.9 Å². The number of hydroxylamine groups is 1. The first-order chi connectivity index (χ1) is 10.9. The van der Waals surface area contributed by atoms with E-state index < -0.39 is 23.5 Å². The minimum absolute atomic E-state index is 0.237. The van der Waals surface area contributed by atoms with E-state index in [0.717, 1.165) is 25.7 Å². The van der Waals surface area contributed by atoms with Crippen molar-refractivity contribution in [2.24, 2.45) is 11.8 Å². The molecule has 126 valence electrons. The average molecular weight is 326 g/mol. The van der Waals surface area contributed by atoms with E-state index in [0.29, 0.717) is 12.1 Å². The summed E-state index contributed by atoms with van der Waals surface area (Å²) in [5.41, 5.74) is 6.89. The van der Waals surface area contributed by atoms with Crippen LogP contribution in [0.4, 0.5) is 14.5 Å². The van der Waals surface area contributed by atoms with Crippen LogP contribution in [0.2, 0.25) is 0 Å². The normalized spacial score (nSPS) is 16.7. The second kappa shape index (κ2) is 7.39. The Bertz CT molecular complexity index is 601. The van der Waals surface area contributed by atoms with E-state index >= 15 is 0 Å². The lowest BCUT2D eigenvalue weighted by Gasteiger charge is -2.25. The quantitative estimate of drug-likeness (QED) is 0.661. The molecule has 2 rings (SSSR count). The number of anilines is 1. The molecule has 0 heterocycles. The number of carbonyl (C=O) groups is 2. The largest absolute Gasteiger partial charge is 0.398 e. The maximum absolute atomic E-state index is 13.2. The highest BCUT2D eigenvalue weighted by Gasteiger charge is 2.27. The Labute approximate surface area is 133 Å². The zero-order valence-corrected chi connectivity index (χ0v) is 12.9. The lowest BCUT2D eigenvalue weighted by atomic mass is 9.81.